The van der Waals surface area contributed by atoms with Gasteiger partial charge in [-0.15, -0.1) is 0 Å². The Kier molecular flexibility index (Phi) is 2.07. The Balaban J connectivity index is 2.09. The van der Waals surface area contributed by atoms with Crippen LogP contribution in [0.25, 0.3) is 0 Å². The maximum absolute atomic E-state index is 12.0. The molecule has 1 saturated heterocycles. The van der Waals surface area contributed by atoms with Crippen LogP contribution in [0, 0.1) is 0 Å². The largest absolute Gasteiger partial charge is 0.497 e. The van der Waals surface area contributed by atoms with Gasteiger partial charge in [0, 0.05) is 17.5 Å². The molecular weight excluding hydrogens is 210 g/mol. The maximum atomic E-state index is 12.0. The number of benzene rings is 1. The van der Waals surface area contributed by atoms with Gasteiger partial charge in [-0.05, 0) is 24.1 Å². The lowest BCUT2D eigenvalue weighted by atomic mass is 9.95. The highest BCUT2D eigenvalue weighted by molar-refractivity contribution is 7.85. The summed E-state index contributed by atoms with van der Waals surface area (Å²) < 4.78 is 17.1. The molecule has 0 N–H and O–H groups in total. The lowest BCUT2D eigenvalue weighted by Gasteiger charge is -2.44. The van der Waals surface area contributed by atoms with Crippen LogP contribution in [0.2, 0.25) is 0 Å². The van der Waals surface area contributed by atoms with Crippen molar-refractivity contribution >= 4 is 10.8 Å². The van der Waals surface area contributed by atoms with Gasteiger partial charge in [-0.1, -0.05) is 6.07 Å². The summed E-state index contributed by atoms with van der Waals surface area (Å²) in [6, 6.07) is 6.43. The van der Waals surface area contributed by atoms with E-state index in [0.29, 0.717) is 11.9 Å². The van der Waals surface area contributed by atoms with Crippen molar-refractivity contribution < 1.29 is 8.95 Å². The molecule has 80 valence electrons. The van der Waals surface area contributed by atoms with Crippen LogP contribution in [0.4, 0.5) is 0 Å². The molecule has 1 aromatic carbocycles. The zero-order valence-corrected chi connectivity index (χ0v) is 9.42. The molecule has 4 heteroatoms. The number of nitrogens with zero attached hydrogens (tertiary/aromatic N) is 1. The molecule has 2 atom stereocenters. The molecule has 0 saturated carbocycles. The van der Waals surface area contributed by atoms with Crippen LogP contribution in [0.15, 0.2) is 23.1 Å². The van der Waals surface area contributed by atoms with Gasteiger partial charge < -0.3 is 4.74 Å². The Bertz CT molecular complexity index is 433. The molecule has 3 rings (SSSR count). The second-order valence-electron chi connectivity index (χ2n) is 4.00. The third-order valence-corrected chi connectivity index (χ3v) is 4.65. The summed E-state index contributed by atoms with van der Waals surface area (Å²) >= 11 is 0. The fraction of sp³-hybridized carbons (Fsp3) is 0.455. The van der Waals surface area contributed by atoms with E-state index in [1.165, 1.54) is 12.0 Å². The third kappa shape index (κ3) is 1.32. The minimum absolute atomic E-state index is 0.503. The predicted octanol–water partition coefficient (Wildman–Crippen LogP) is 1.52. The summed E-state index contributed by atoms with van der Waals surface area (Å²) in [4.78, 5) is 3.25. The zero-order chi connectivity index (χ0) is 10.4. The number of rotatable bonds is 1. The molecule has 2 heterocycles. The van der Waals surface area contributed by atoms with Crippen LogP contribution in [0.3, 0.4) is 0 Å². The fourth-order valence-electron chi connectivity index (χ4n) is 2.28. The van der Waals surface area contributed by atoms with Crippen molar-refractivity contribution in [1.29, 1.82) is 0 Å². The molecule has 2 aliphatic heterocycles. The summed E-state index contributed by atoms with van der Waals surface area (Å²) in [5.41, 5.74) is 1.23. The van der Waals surface area contributed by atoms with E-state index in [2.05, 4.69) is 11.0 Å². The average molecular weight is 223 g/mol. The molecule has 0 radical (unpaired) electrons. The van der Waals surface area contributed by atoms with E-state index in [1.54, 1.807) is 7.11 Å². The SMILES string of the molecule is COc1ccc2c(c1)S(=O)CN1CC[C@@H]21. The van der Waals surface area contributed by atoms with Gasteiger partial charge in [-0.2, -0.15) is 0 Å². The monoisotopic (exact) mass is 223 g/mol. The van der Waals surface area contributed by atoms with Crippen molar-refractivity contribution in [2.24, 2.45) is 0 Å². The lowest BCUT2D eigenvalue weighted by molar-refractivity contribution is 0.110. The van der Waals surface area contributed by atoms with E-state index < -0.39 is 10.8 Å². The minimum atomic E-state index is -0.881. The molecule has 0 amide bonds. The van der Waals surface area contributed by atoms with E-state index in [9.17, 15) is 4.21 Å². The van der Waals surface area contributed by atoms with Gasteiger partial charge in [0.1, 0.15) is 5.75 Å². The van der Waals surface area contributed by atoms with Crippen LogP contribution in [-0.2, 0) is 10.8 Å². The Morgan fingerprint density at radius 2 is 2.40 bits per heavy atom. The first-order chi connectivity index (χ1) is 7.29. The summed E-state index contributed by atoms with van der Waals surface area (Å²) in [5, 5.41) is 0. The molecule has 0 aromatic heterocycles. The Labute approximate surface area is 91.5 Å². The van der Waals surface area contributed by atoms with Gasteiger partial charge in [0.2, 0.25) is 0 Å². The highest BCUT2D eigenvalue weighted by Crippen LogP contribution is 2.41. The quantitative estimate of drug-likeness (QED) is 0.723. The van der Waals surface area contributed by atoms with Gasteiger partial charge in [0.05, 0.1) is 23.8 Å². The van der Waals surface area contributed by atoms with Crippen molar-refractivity contribution in [1.82, 2.24) is 4.90 Å². The van der Waals surface area contributed by atoms with Gasteiger partial charge >= 0.3 is 0 Å². The Hall–Kier alpha value is -0.870. The van der Waals surface area contributed by atoms with E-state index >= 15 is 0 Å². The summed E-state index contributed by atoms with van der Waals surface area (Å²) in [6.07, 6.45) is 1.19. The molecule has 3 nitrogen and oxygen atoms in total. The molecule has 1 aromatic rings. The number of fused-ring (bicyclic) bond motifs is 3. The maximum Gasteiger partial charge on any atom is 0.120 e. The number of methoxy groups -OCH3 is 1. The molecule has 0 aliphatic carbocycles. The number of hydrogen-bond acceptors (Lipinski definition) is 3. The highest BCUT2D eigenvalue weighted by atomic mass is 32.2. The van der Waals surface area contributed by atoms with E-state index in [0.717, 1.165) is 17.2 Å². The first-order valence-corrected chi connectivity index (χ1v) is 6.42. The van der Waals surface area contributed by atoms with Crippen molar-refractivity contribution in [2.75, 3.05) is 19.5 Å². The summed E-state index contributed by atoms with van der Waals surface area (Å²) in [5.74, 6) is 1.49. The second-order valence-corrected chi connectivity index (χ2v) is 5.38. The van der Waals surface area contributed by atoms with Gasteiger partial charge in [0.15, 0.2) is 0 Å². The molecule has 2 aliphatic rings. The molecular formula is C11H13NO2S. The second kappa shape index (κ2) is 3.32. The van der Waals surface area contributed by atoms with E-state index in [1.807, 2.05) is 12.1 Å². The zero-order valence-electron chi connectivity index (χ0n) is 8.60. The van der Waals surface area contributed by atoms with Crippen LogP contribution < -0.4 is 4.74 Å². The van der Waals surface area contributed by atoms with Gasteiger partial charge in [-0.25, -0.2) is 0 Å². The van der Waals surface area contributed by atoms with Crippen molar-refractivity contribution in [3.05, 3.63) is 23.8 Å². The lowest BCUT2D eigenvalue weighted by Crippen LogP contribution is -2.46. The van der Waals surface area contributed by atoms with Crippen molar-refractivity contribution in [3.8, 4) is 5.75 Å². The van der Waals surface area contributed by atoms with E-state index in [-0.39, 0.29) is 0 Å². The first kappa shape index (κ1) is 9.36. The fourth-order valence-corrected chi connectivity index (χ4v) is 3.75. The molecule has 0 bridgehead atoms. The summed E-state index contributed by atoms with van der Waals surface area (Å²) in [6.45, 7) is 1.09. The first-order valence-electron chi connectivity index (χ1n) is 5.10. The average Bonchev–Trinajstić information content (AvgIpc) is 2.23. The van der Waals surface area contributed by atoms with Gasteiger partial charge in [-0.3, -0.25) is 9.11 Å². The third-order valence-electron chi connectivity index (χ3n) is 3.24. The Morgan fingerprint density at radius 3 is 3.07 bits per heavy atom. The molecule has 15 heavy (non-hydrogen) atoms. The predicted molar refractivity (Wildman–Crippen MR) is 58.3 cm³/mol. The smallest absolute Gasteiger partial charge is 0.120 e. The number of hydrogen-bond donors (Lipinski definition) is 0. The number of ether oxygens (including phenoxy) is 1. The van der Waals surface area contributed by atoms with Gasteiger partial charge in [0.25, 0.3) is 0 Å². The molecule has 1 fully saturated rings. The minimum Gasteiger partial charge on any atom is -0.497 e. The highest BCUT2D eigenvalue weighted by Gasteiger charge is 2.37. The van der Waals surface area contributed by atoms with Crippen LogP contribution in [0.5, 0.6) is 5.75 Å². The Morgan fingerprint density at radius 1 is 1.53 bits per heavy atom. The van der Waals surface area contributed by atoms with Crippen molar-refractivity contribution in [3.63, 3.8) is 0 Å². The molecule has 1 unspecified atom stereocenters. The van der Waals surface area contributed by atoms with Crippen LogP contribution in [-0.4, -0.2) is 28.6 Å². The topological polar surface area (TPSA) is 29.5 Å². The van der Waals surface area contributed by atoms with E-state index in [4.69, 9.17) is 4.74 Å². The van der Waals surface area contributed by atoms with Crippen LogP contribution >= 0.6 is 0 Å². The standard InChI is InChI=1S/C11H13NO2S/c1-14-8-2-3-9-10-4-5-12(10)7-15(13)11(9)6-8/h2-3,6,10H,4-5,7H2,1H3/t10-,15?/m0/s1. The normalized spacial score (nSPS) is 28.9. The van der Waals surface area contributed by atoms with Crippen LogP contribution in [0.1, 0.15) is 18.0 Å². The summed E-state index contributed by atoms with van der Waals surface area (Å²) in [7, 11) is 0.761. The van der Waals surface area contributed by atoms with Crippen molar-refractivity contribution in [2.45, 2.75) is 17.4 Å². The molecule has 0 spiro atoms.